The van der Waals surface area contributed by atoms with Crippen molar-refractivity contribution in [3.05, 3.63) is 11.6 Å². The van der Waals surface area contributed by atoms with E-state index in [9.17, 15) is 4.79 Å². The summed E-state index contributed by atoms with van der Waals surface area (Å²) in [4.78, 5) is 11.7. The maximum atomic E-state index is 11.7. The average molecular weight is 210 g/mol. The molecule has 1 aliphatic rings. The molecule has 1 rings (SSSR count). The van der Waals surface area contributed by atoms with E-state index >= 15 is 0 Å². The van der Waals surface area contributed by atoms with Crippen molar-refractivity contribution in [2.45, 2.75) is 53.6 Å². The third-order valence-electron chi connectivity index (χ3n) is 3.64. The maximum Gasteiger partial charge on any atom is 0.306 e. The summed E-state index contributed by atoms with van der Waals surface area (Å²) >= 11 is 0. The van der Waals surface area contributed by atoms with Crippen molar-refractivity contribution in [1.82, 2.24) is 0 Å². The van der Waals surface area contributed by atoms with Gasteiger partial charge in [0, 0.05) is 5.41 Å². The van der Waals surface area contributed by atoms with Gasteiger partial charge in [-0.05, 0) is 33.1 Å². The molecule has 0 bridgehead atoms. The van der Waals surface area contributed by atoms with Gasteiger partial charge in [0.2, 0.25) is 0 Å². The van der Waals surface area contributed by atoms with E-state index in [1.807, 2.05) is 13.8 Å². The van der Waals surface area contributed by atoms with Crippen molar-refractivity contribution in [2.24, 2.45) is 11.3 Å². The Hall–Kier alpha value is -0.790. The van der Waals surface area contributed by atoms with Crippen LogP contribution in [0.15, 0.2) is 11.6 Å². The first-order valence-corrected chi connectivity index (χ1v) is 5.73. The van der Waals surface area contributed by atoms with Crippen molar-refractivity contribution in [3.8, 4) is 0 Å². The van der Waals surface area contributed by atoms with Crippen LogP contribution in [0.1, 0.15) is 47.5 Å². The first kappa shape index (κ1) is 12.3. The summed E-state index contributed by atoms with van der Waals surface area (Å²) in [6, 6.07) is 0. The van der Waals surface area contributed by atoms with E-state index in [-0.39, 0.29) is 17.5 Å². The molecule has 15 heavy (non-hydrogen) atoms. The quantitative estimate of drug-likeness (QED) is 0.527. The summed E-state index contributed by atoms with van der Waals surface area (Å²) in [6.45, 7) is 10.3. The van der Waals surface area contributed by atoms with E-state index in [0.29, 0.717) is 12.3 Å². The van der Waals surface area contributed by atoms with E-state index < -0.39 is 0 Å². The van der Waals surface area contributed by atoms with Crippen LogP contribution in [0.4, 0.5) is 0 Å². The summed E-state index contributed by atoms with van der Waals surface area (Å²) in [6.07, 6.45) is 3.82. The minimum absolute atomic E-state index is 0.00593. The molecule has 0 aromatic heterocycles. The highest BCUT2D eigenvalue weighted by atomic mass is 16.5. The lowest BCUT2D eigenvalue weighted by Gasteiger charge is -2.31. The molecule has 0 saturated carbocycles. The molecule has 86 valence electrons. The molecule has 0 amide bonds. The molecule has 0 saturated heterocycles. The Bertz CT molecular complexity index is 278. The molecule has 0 aromatic carbocycles. The van der Waals surface area contributed by atoms with Crippen molar-refractivity contribution < 1.29 is 9.53 Å². The van der Waals surface area contributed by atoms with Crippen LogP contribution in [-0.2, 0) is 9.53 Å². The number of ether oxygens (including phenoxy) is 1. The molecule has 0 fully saturated rings. The molecule has 0 aromatic rings. The van der Waals surface area contributed by atoms with Crippen LogP contribution in [0.3, 0.4) is 0 Å². The highest BCUT2D eigenvalue weighted by Crippen LogP contribution is 2.45. The number of esters is 1. The van der Waals surface area contributed by atoms with Crippen LogP contribution in [0, 0.1) is 11.3 Å². The van der Waals surface area contributed by atoms with Crippen LogP contribution < -0.4 is 0 Å². The first-order chi connectivity index (χ1) is 6.86. The predicted molar refractivity (Wildman–Crippen MR) is 61.5 cm³/mol. The minimum Gasteiger partial charge on any atom is -0.463 e. The van der Waals surface area contributed by atoms with Gasteiger partial charge >= 0.3 is 5.97 Å². The molecule has 2 nitrogen and oxygen atoms in total. The fourth-order valence-corrected chi connectivity index (χ4v) is 2.15. The van der Waals surface area contributed by atoms with Gasteiger partial charge in [0.05, 0.1) is 12.5 Å². The average Bonchev–Trinajstić information content (AvgIpc) is 2.31. The molecule has 0 radical (unpaired) electrons. The summed E-state index contributed by atoms with van der Waals surface area (Å²) in [5, 5.41) is 0. The fourth-order valence-electron chi connectivity index (χ4n) is 2.15. The van der Waals surface area contributed by atoms with Gasteiger partial charge in [0.15, 0.2) is 0 Å². The first-order valence-electron chi connectivity index (χ1n) is 5.73. The van der Waals surface area contributed by atoms with Gasteiger partial charge in [-0.25, -0.2) is 0 Å². The number of rotatable bonds is 3. The number of carbonyl (C=O) groups is 1. The van der Waals surface area contributed by atoms with Crippen LogP contribution in [0.25, 0.3) is 0 Å². The Balaban J connectivity index is 2.64. The Labute approximate surface area is 92.7 Å². The number of hydrogen-bond donors (Lipinski definition) is 0. The van der Waals surface area contributed by atoms with Gasteiger partial charge < -0.3 is 4.74 Å². The molecule has 0 N–H and O–H groups in total. The largest absolute Gasteiger partial charge is 0.463 e. The van der Waals surface area contributed by atoms with E-state index in [4.69, 9.17) is 4.74 Å². The second kappa shape index (κ2) is 4.38. The standard InChI is InChI=1S/C13H22O2/c1-9(2)15-12(14)8-13(5)10(3)6-7-11(13)4/h6,9,11H,7-8H2,1-5H3. The SMILES string of the molecule is CC1=CCC(C)C1(C)CC(=O)OC(C)C. The van der Waals surface area contributed by atoms with Crippen LogP contribution in [0.5, 0.6) is 0 Å². The van der Waals surface area contributed by atoms with Gasteiger partial charge in [-0.1, -0.05) is 25.5 Å². The Morgan fingerprint density at radius 2 is 2.27 bits per heavy atom. The predicted octanol–water partition coefficient (Wildman–Crippen LogP) is 3.32. The minimum atomic E-state index is -0.0750. The van der Waals surface area contributed by atoms with E-state index in [1.54, 1.807) is 0 Å². The van der Waals surface area contributed by atoms with E-state index in [1.165, 1.54) is 5.57 Å². The number of hydrogen-bond acceptors (Lipinski definition) is 2. The third kappa shape index (κ3) is 2.61. The van der Waals surface area contributed by atoms with Gasteiger partial charge in [-0.2, -0.15) is 0 Å². The lowest BCUT2D eigenvalue weighted by molar-refractivity contribution is -0.150. The van der Waals surface area contributed by atoms with Crippen molar-refractivity contribution in [3.63, 3.8) is 0 Å². The smallest absolute Gasteiger partial charge is 0.306 e. The molecular formula is C13H22O2. The summed E-state index contributed by atoms with van der Waals surface area (Å²) in [5.74, 6) is 0.464. The van der Waals surface area contributed by atoms with Gasteiger partial charge in [-0.3, -0.25) is 4.79 Å². The van der Waals surface area contributed by atoms with Crippen LogP contribution in [0.2, 0.25) is 0 Å². The third-order valence-corrected chi connectivity index (χ3v) is 3.64. The monoisotopic (exact) mass is 210 g/mol. The molecule has 2 atom stereocenters. The lowest BCUT2D eigenvalue weighted by Crippen LogP contribution is -2.28. The van der Waals surface area contributed by atoms with Crippen LogP contribution in [-0.4, -0.2) is 12.1 Å². The zero-order valence-corrected chi connectivity index (χ0v) is 10.5. The van der Waals surface area contributed by atoms with Gasteiger partial charge in [0.25, 0.3) is 0 Å². The van der Waals surface area contributed by atoms with Crippen molar-refractivity contribution >= 4 is 5.97 Å². The highest BCUT2D eigenvalue weighted by molar-refractivity contribution is 5.71. The number of carbonyl (C=O) groups excluding carboxylic acids is 1. The van der Waals surface area contributed by atoms with Gasteiger partial charge in [-0.15, -0.1) is 0 Å². The molecule has 0 aliphatic heterocycles. The molecule has 2 unspecified atom stereocenters. The van der Waals surface area contributed by atoms with E-state index in [0.717, 1.165) is 6.42 Å². The second-order valence-corrected chi connectivity index (χ2v) is 5.16. The Morgan fingerprint density at radius 1 is 1.67 bits per heavy atom. The zero-order chi connectivity index (χ0) is 11.6. The Morgan fingerprint density at radius 3 is 2.67 bits per heavy atom. The lowest BCUT2D eigenvalue weighted by atomic mass is 9.74. The van der Waals surface area contributed by atoms with Crippen molar-refractivity contribution in [2.75, 3.05) is 0 Å². The summed E-state index contributed by atoms with van der Waals surface area (Å²) < 4.78 is 5.21. The molecule has 0 heterocycles. The highest BCUT2D eigenvalue weighted by Gasteiger charge is 2.38. The molecular weight excluding hydrogens is 188 g/mol. The summed E-state index contributed by atoms with van der Waals surface area (Å²) in [5.41, 5.74) is 1.34. The Kier molecular flexibility index (Phi) is 3.58. The van der Waals surface area contributed by atoms with Crippen LogP contribution >= 0.6 is 0 Å². The topological polar surface area (TPSA) is 26.3 Å². The molecule has 1 aliphatic carbocycles. The molecule has 2 heteroatoms. The van der Waals surface area contributed by atoms with Gasteiger partial charge in [0.1, 0.15) is 0 Å². The second-order valence-electron chi connectivity index (χ2n) is 5.16. The summed E-state index contributed by atoms with van der Waals surface area (Å²) in [7, 11) is 0. The number of allylic oxidation sites excluding steroid dienone is 2. The van der Waals surface area contributed by atoms with E-state index in [2.05, 4.69) is 26.8 Å². The molecule has 0 spiro atoms. The van der Waals surface area contributed by atoms with Crippen molar-refractivity contribution in [1.29, 1.82) is 0 Å². The fraction of sp³-hybridized carbons (Fsp3) is 0.769. The maximum absolute atomic E-state index is 11.7. The normalized spacial score (nSPS) is 30.5. The zero-order valence-electron chi connectivity index (χ0n) is 10.5.